The molecule has 1 aromatic rings. The van der Waals surface area contributed by atoms with E-state index in [-0.39, 0.29) is 11.4 Å². The van der Waals surface area contributed by atoms with Gasteiger partial charge in [0.15, 0.2) is 5.78 Å². The number of nitrogens with one attached hydrogen (secondary N) is 1. The summed E-state index contributed by atoms with van der Waals surface area (Å²) in [7, 11) is 0.0260. The fourth-order valence-corrected chi connectivity index (χ4v) is 1.10. The van der Waals surface area contributed by atoms with Crippen LogP contribution in [0.5, 0.6) is 0 Å². The molecule has 0 bridgehead atoms. The molecule has 5 nitrogen and oxygen atoms in total. The summed E-state index contributed by atoms with van der Waals surface area (Å²) in [6.45, 7) is 5.42. The fraction of sp³-hybridized carbons (Fsp3) is 0.400. The highest BCUT2D eigenvalue weighted by Gasteiger charge is 2.16. The highest BCUT2D eigenvalue weighted by molar-refractivity contribution is 6.57. The van der Waals surface area contributed by atoms with Crippen LogP contribution in [0, 0.1) is 0 Å². The first-order valence-corrected chi connectivity index (χ1v) is 5.11. The predicted molar refractivity (Wildman–Crippen MR) is 65.0 cm³/mol. The average Bonchev–Trinajstić information content (AvgIpc) is 2.30. The van der Waals surface area contributed by atoms with Crippen molar-refractivity contribution in [3.8, 4) is 0 Å². The maximum Gasteiger partial charge on any atom is 0.508 e. The molecule has 0 aromatic carbocycles. The fourth-order valence-electron chi connectivity index (χ4n) is 1.10. The van der Waals surface area contributed by atoms with E-state index in [9.17, 15) is 4.79 Å². The van der Waals surface area contributed by atoms with Gasteiger partial charge in [-0.1, -0.05) is 13.8 Å². The lowest BCUT2D eigenvalue weighted by Gasteiger charge is -2.07. The van der Waals surface area contributed by atoms with Gasteiger partial charge in [-0.3, -0.25) is 9.78 Å². The number of hydrogen-bond acceptors (Lipinski definition) is 5. The van der Waals surface area contributed by atoms with E-state index in [0.717, 1.165) is 0 Å². The van der Waals surface area contributed by atoms with Crippen LogP contribution in [0.4, 0.5) is 5.69 Å². The molecule has 0 unspecified atom stereocenters. The molecule has 88 valence electrons. The van der Waals surface area contributed by atoms with Gasteiger partial charge < -0.3 is 15.4 Å². The summed E-state index contributed by atoms with van der Waals surface area (Å²) in [5.74, 6) is -0.124. The summed E-state index contributed by atoms with van der Waals surface area (Å²) in [5, 5.41) is 20.5. The summed E-state index contributed by atoms with van der Waals surface area (Å²) in [4.78, 5) is 14.8. The highest BCUT2D eigenvalue weighted by Crippen LogP contribution is 2.11. The number of ketones is 1. The smallest absolute Gasteiger partial charge is 0.422 e. The molecule has 0 saturated carbocycles. The second-order valence-corrected chi connectivity index (χ2v) is 2.83. The number of pyridine rings is 1. The molecule has 16 heavy (non-hydrogen) atoms. The topological polar surface area (TPSA) is 82.4 Å². The number of rotatable bonds is 3. The second-order valence-electron chi connectivity index (χ2n) is 2.83. The second kappa shape index (κ2) is 6.97. The van der Waals surface area contributed by atoms with E-state index in [4.69, 9.17) is 10.0 Å². The van der Waals surface area contributed by atoms with Gasteiger partial charge in [-0.25, -0.2) is 0 Å². The molecule has 0 radical (unpaired) electrons. The molecule has 0 aliphatic carbocycles. The van der Waals surface area contributed by atoms with Crippen molar-refractivity contribution in [2.45, 2.75) is 20.8 Å². The zero-order valence-electron chi connectivity index (χ0n) is 9.98. The third-order valence-electron chi connectivity index (χ3n) is 1.84. The van der Waals surface area contributed by atoms with Crippen LogP contribution >= 0.6 is 0 Å². The number of carbonyl (C=O) groups is 1. The van der Waals surface area contributed by atoms with E-state index >= 15 is 0 Å². The zero-order chi connectivity index (χ0) is 12.7. The SMILES string of the molecule is CC.CNc1cc(B(O)O)ncc1C(C)=O. The first kappa shape index (κ1) is 14.6. The zero-order valence-corrected chi connectivity index (χ0v) is 9.98. The van der Waals surface area contributed by atoms with Gasteiger partial charge in [-0.15, -0.1) is 0 Å². The standard InChI is InChI=1S/C8H11BN2O3.C2H6/c1-5(12)6-4-11-8(9(13)14)3-7(6)10-2;1-2/h3-4,13-14H,1-2H3,(H,10,11);1-2H3. The van der Waals surface area contributed by atoms with Gasteiger partial charge >= 0.3 is 7.12 Å². The number of anilines is 1. The van der Waals surface area contributed by atoms with Crippen LogP contribution in [0.15, 0.2) is 12.3 Å². The number of aromatic nitrogens is 1. The lowest BCUT2D eigenvalue weighted by molar-refractivity contribution is 0.101. The van der Waals surface area contributed by atoms with Crippen LogP contribution in [0.1, 0.15) is 31.1 Å². The number of hydrogen-bond donors (Lipinski definition) is 3. The number of carbonyl (C=O) groups excluding carboxylic acids is 1. The monoisotopic (exact) mass is 224 g/mol. The van der Waals surface area contributed by atoms with Crippen molar-refractivity contribution in [1.82, 2.24) is 4.98 Å². The predicted octanol–water partition coefficient (Wildman–Crippen LogP) is 0.0319. The Morgan fingerprint density at radius 1 is 1.44 bits per heavy atom. The number of Topliss-reactive ketones (excluding diaryl/α,β-unsaturated/α-hetero) is 1. The molecule has 0 aliphatic heterocycles. The Bertz CT molecular complexity index is 356. The Hall–Kier alpha value is -1.40. The van der Waals surface area contributed by atoms with Crippen molar-refractivity contribution in [3.63, 3.8) is 0 Å². The average molecular weight is 224 g/mol. The third kappa shape index (κ3) is 3.64. The molecule has 0 fully saturated rings. The Morgan fingerprint density at radius 2 is 2.00 bits per heavy atom. The van der Waals surface area contributed by atoms with Crippen molar-refractivity contribution < 1.29 is 14.8 Å². The molecule has 3 N–H and O–H groups in total. The molecule has 0 atom stereocenters. The van der Waals surface area contributed by atoms with Crippen LogP contribution in [-0.2, 0) is 0 Å². The van der Waals surface area contributed by atoms with Gasteiger partial charge in [0.05, 0.1) is 11.2 Å². The van der Waals surface area contributed by atoms with Gasteiger partial charge in [0.2, 0.25) is 0 Å². The van der Waals surface area contributed by atoms with Crippen LogP contribution in [0.2, 0.25) is 0 Å². The van der Waals surface area contributed by atoms with Crippen LogP contribution < -0.4 is 10.9 Å². The summed E-state index contributed by atoms with van der Waals surface area (Å²) >= 11 is 0. The van der Waals surface area contributed by atoms with Crippen molar-refractivity contribution in [2.24, 2.45) is 0 Å². The summed E-state index contributed by atoms with van der Waals surface area (Å²) in [6, 6.07) is 1.43. The lowest BCUT2D eigenvalue weighted by atomic mass is 9.85. The normalized spacial score (nSPS) is 8.88. The summed E-state index contributed by atoms with van der Waals surface area (Å²) in [5.41, 5.74) is 1.08. The molecule has 6 heteroatoms. The summed E-state index contributed by atoms with van der Waals surface area (Å²) in [6.07, 6.45) is 1.32. The van der Waals surface area contributed by atoms with E-state index in [1.54, 1.807) is 7.05 Å². The quantitative estimate of drug-likeness (QED) is 0.498. The van der Waals surface area contributed by atoms with E-state index in [0.29, 0.717) is 11.3 Å². The van der Waals surface area contributed by atoms with Crippen molar-refractivity contribution in [3.05, 3.63) is 17.8 Å². The molecule has 0 saturated heterocycles. The minimum absolute atomic E-state index is 0.111. The van der Waals surface area contributed by atoms with Crippen molar-refractivity contribution >= 4 is 24.2 Å². The Kier molecular flexibility index (Phi) is 6.37. The molecule has 1 heterocycles. The first-order chi connectivity index (χ1) is 7.56. The Morgan fingerprint density at radius 3 is 2.38 bits per heavy atom. The van der Waals surface area contributed by atoms with E-state index < -0.39 is 7.12 Å². The van der Waals surface area contributed by atoms with Crippen LogP contribution in [-0.4, -0.2) is 35.0 Å². The molecule has 0 aliphatic rings. The number of nitrogens with zero attached hydrogens (tertiary/aromatic N) is 1. The molecule has 1 aromatic heterocycles. The maximum atomic E-state index is 11.1. The minimum atomic E-state index is -1.62. The van der Waals surface area contributed by atoms with E-state index in [1.807, 2.05) is 13.8 Å². The van der Waals surface area contributed by atoms with Gasteiger partial charge in [0.1, 0.15) is 0 Å². The van der Waals surface area contributed by atoms with Gasteiger partial charge in [-0.05, 0) is 13.0 Å². The minimum Gasteiger partial charge on any atom is -0.422 e. The van der Waals surface area contributed by atoms with Crippen molar-refractivity contribution in [1.29, 1.82) is 0 Å². The molecular formula is C10H17BN2O3. The highest BCUT2D eigenvalue weighted by atomic mass is 16.4. The molecular weight excluding hydrogens is 207 g/mol. The molecule has 0 amide bonds. The largest absolute Gasteiger partial charge is 0.508 e. The first-order valence-electron chi connectivity index (χ1n) is 5.11. The van der Waals surface area contributed by atoms with Gasteiger partial charge in [0.25, 0.3) is 0 Å². The maximum absolute atomic E-state index is 11.1. The summed E-state index contributed by atoms with van der Waals surface area (Å²) < 4.78 is 0. The van der Waals surface area contributed by atoms with E-state index in [1.165, 1.54) is 19.2 Å². The Balaban J connectivity index is 0.00000106. The van der Waals surface area contributed by atoms with Gasteiger partial charge in [-0.2, -0.15) is 0 Å². The Labute approximate surface area is 95.7 Å². The van der Waals surface area contributed by atoms with E-state index in [2.05, 4.69) is 10.3 Å². The van der Waals surface area contributed by atoms with Crippen LogP contribution in [0.25, 0.3) is 0 Å². The molecule has 1 rings (SSSR count). The third-order valence-corrected chi connectivity index (χ3v) is 1.84. The van der Waals surface area contributed by atoms with Crippen molar-refractivity contribution in [2.75, 3.05) is 12.4 Å². The molecule has 0 spiro atoms. The van der Waals surface area contributed by atoms with Crippen LogP contribution in [0.3, 0.4) is 0 Å². The van der Waals surface area contributed by atoms with Gasteiger partial charge in [0, 0.05) is 18.9 Å². The lowest BCUT2D eigenvalue weighted by Crippen LogP contribution is -2.33.